The summed E-state index contributed by atoms with van der Waals surface area (Å²) in [5, 5.41) is 0. The van der Waals surface area contributed by atoms with Crippen LogP contribution in [0.4, 0.5) is 0 Å². The highest BCUT2D eigenvalue weighted by molar-refractivity contribution is 6.20. The second kappa shape index (κ2) is 3.59. The Morgan fingerprint density at radius 1 is 1.20 bits per heavy atom. The number of hydrogen-bond acceptors (Lipinski definition) is 3. The minimum atomic E-state index is -1.19. The molecule has 1 aromatic carbocycles. The van der Waals surface area contributed by atoms with Crippen LogP contribution in [0.1, 0.15) is 55.1 Å². The summed E-state index contributed by atoms with van der Waals surface area (Å²) in [5.74, 6) is -0.116. The number of carbonyl (C=O) groups is 2. The fourth-order valence-corrected chi connectivity index (χ4v) is 4.37. The van der Waals surface area contributed by atoms with Crippen molar-refractivity contribution in [3.63, 3.8) is 0 Å². The first-order valence-corrected chi connectivity index (χ1v) is 7.32. The number of hydrogen-bond donors (Lipinski definition) is 0. The van der Waals surface area contributed by atoms with Crippen LogP contribution in [0.3, 0.4) is 0 Å². The number of benzene rings is 1. The highest BCUT2D eigenvalue weighted by atomic mass is 16.5. The maximum absolute atomic E-state index is 13.0. The quantitative estimate of drug-likeness (QED) is 0.680. The van der Waals surface area contributed by atoms with Crippen LogP contribution in [-0.4, -0.2) is 17.2 Å². The number of ether oxygens (including phenoxy) is 1. The topological polar surface area (TPSA) is 43.4 Å². The third-order valence-electron chi connectivity index (χ3n) is 5.51. The summed E-state index contributed by atoms with van der Waals surface area (Å²) in [5.41, 5.74) is 0.430. The molecule has 1 aromatic rings. The van der Waals surface area contributed by atoms with Crippen molar-refractivity contribution in [2.75, 3.05) is 0 Å². The summed E-state index contributed by atoms with van der Waals surface area (Å²) in [6.07, 6.45) is 1.97. The molecule has 0 aromatic heterocycles. The van der Waals surface area contributed by atoms with E-state index in [0.717, 1.165) is 18.4 Å². The summed E-state index contributed by atoms with van der Waals surface area (Å²) in [7, 11) is 0. The molecule has 3 atom stereocenters. The molecule has 2 aliphatic heterocycles. The molecule has 0 unspecified atom stereocenters. The van der Waals surface area contributed by atoms with Crippen LogP contribution in [0.2, 0.25) is 0 Å². The third-order valence-corrected chi connectivity index (χ3v) is 5.51. The Kier molecular flexibility index (Phi) is 2.20. The molecule has 2 fully saturated rings. The molecule has 0 amide bonds. The Morgan fingerprint density at radius 3 is 2.75 bits per heavy atom. The Hall–Kier alpha value is -1.48. The summed E-state index contributed by atoms with van der Waals surface area (Å²) < 4.78 is 6.08. The first kappa shape index (κ1) is 12.3. The molecule has 3 aliphatic rings. The van der Waals surface area contributed by atoms with Gasteiger partial charge < -0.3 is 4.74 Å². The van der Waals surface area contributed by atoms with Crippen LogP contribution in [0.25, 0.3) is 0 Å². The maximum atomic E-state index is 13.0. The molecule has 3 nitrogen and oxygen atoms in total. The second-order valence-electron chi connectivity index (χ2n) is 6.96. The van der Waals surface area contributed by atoms with Crippen molar-refractivity contribution < 1.29 is 14.3 Å². The van der Waals surface area contributed by atoms with Gasteiger partial charge in [-0.1, -0.05) is 38.1 Å². The predicted octanol–water partition coefficient (Wildman–Crippen LogP) is 3.09. The zero-order chi connectivity index (χ0) is 14.1. The highest BCUT2D eigenvalue weighted by Crippen LogP contribution is 2.60. The monoisotopic (exact) mass is 270 g/mol. The van der Waals surface area contributed by atoms with E-state index < -0.39 is 5.60 Å². The lowest BCUT2D eigenvalue weighted by Gasteiger charge is -2.45. The summed E-state index contributed by atoms with van der Waals surface area (Å²) in [6.45, 7) is 4.32. The van der Waals surface area contributed by atoms with Gasteiger partial charge in [-0.05, 0) is 23.8 Å². The van der Waals surface area contributed by atoms with E-state index in [1.165, 1.54) is 0 Å². The van der Waals surface area contributed by atoms with Gasteiger partial charge in [0.25, 0.3) is 0 Å². The minimum Gasteiger partial charge on any atom is -0.351 e. The lowest BCUT2D eigenvalue weighted by Crippen LogP contribution is -2.59. The fourth-order valence-electron chi connectivity index (χ4n) is 4.37. The molecule has 1 saturated heterocycles. The molecule has 20 heavy (non-hydrogen) atoms. The van der Waals surface area contributed by atoms with Gasteiger partial charge in [0.15, 0.2) is 11.4 Å². The van der Waals surface area contributed by atoms with Gasteiger partial charge in [-0.15, -0.1) is 0 Å². The van der Waals surface area contributed by atoms with E-state index in [1.54, 1.807) is 0 Å². The maximum Gasteiger partial charge on any atom is 0.202 e. The van der Waals surface area contributed by atoms with Crippen LogP contribution in [0.15, 0.2) is 24.3 Å². The Bertz CT molecular complexity index is 631. The molecule has 1 spiro atoms. The highest BCUT2D eigenvalue weighted by Gasteiger charge is 2.67. The molecule has 0 N–H and O–H groups in total. The van der Waals surface area contributed by atoms with Gasteiger partial charge in [-0.2, -0.15) is 0 Å². The van der Waals surface area contributed by atoms with Gasteiger partial charge in [0.05, 0.1) is 6.10 Å². The smallest absolute Gasteiger partial charge is 0.202 e. The number of fused-ring (bicyclic) bond motifs is 3. The summed E-state index contributed by atoms with van der Waals surface area (Å²) in [6, 6.07) is 7.60. The normalized spacial score (nSPS) is 37.5. The van der Waals surface area contributed by atoms with E-state index in [9.17, 15) is 9.59 Å². The average Bonchev–Trinajstić information content (AvgIpc) is 2.82. The van der Waals surface area contributed by atoms with Gasteiger partial charge in [0.2, 0.25) is 5.78 Å². The second-order valence-corrected chi connectivity index (χ2v) is 6.96. The van der Waals surface area contributed by atoms with Gasteiger partial charge in [0.1, 0.15) is 0 Å². The summed E-state index contributed by atoms with van der Waals surface area (Å²) in [4.78, 5) is 25.6. The largest absolute Gasteiger partial charge is 0.351 e. The van der Waals surface area contributed by atoms with E-state index >= 15 is 0 Å². The van der Waals surface area contributed by atoms with Crippen molar-refractivity contribution in [2.24, 2.45) is 11.3 Å². The van der Waals surface area contributed by atoms with Gasteiger partial charge in [-0.3, -0.25) is 9.59 Å². The van der Waals surface area contributed by atoms with Crippen molar-refractivity contribution in [3.05, 3.63) is 35.4 Å². The lowest BCUT2D eigenvalue weighted by atomic mass is 9.59. The minimum absolute atomic E-state index is 0.00106. The van der Waals surface area contributed by atoms with Crippen LogP contribution in [0.5, 0.6) is 0 Å². The van der Waals surface area contributed by atoms with Gasteiger partial charge in [0, 0.05) is 17.9 Å². The lowest BCUT2D eigenvalue weighted by molar-refractivity contribution is -0.150. The third kappa shape index (κ3) is 1.25. The van der Waals surface area contributed by atoms with E-state index in [1.807, 2.05) is 24.3 Å². The van der Waals surface area contributed by atoms with E-state index in [0.29, 0.717) is 12.0 Å². The van der Waals surface area contributed by atoms with E-state index in [2.05, 4.69) is 13.8 Å². The average molecular weight is 270 g/mol. The standard InChI is InChI=1S/C17H18O3/c1-16(2)8-7-14(18)17-13(16)9-12(20-17)10-5-3-4-6-11(10)15(17)19/h3-6,12-13H,7-9H2,1-2H3/t12-,13-,17-/m0/s1. The molecule has 2 heterocycles. The molecule has 104 valence electrons. The zero-order valence-electron chi connectivity index (χ0n) is 11.8. The number of Topliss-reactive ketones (excluding diaryl/α,β-unsaturated/α-hetero) is 2. The fraction of sp³-hybridized carbons (Fsp3) is 0.529. The molecule has 3 heteroatoms. The van der Waals surface area contributed by atoms with Crippen molar-refractivity contribution in [1.82, 2.24) is 0 Å². The zero-order valence-corrected chi connectivity index (χ0v) is 11.8. The molecule has 0 radical (unpaired) electrons. The first-order chi connectivity index (χ1) is 9.47. The van der Waals surface area contributed by atoms with E-state index in [-0.39, 0.29) is 29.0 Å². The number of ketones is 2. The summed E-state index contributed by atoms with van der Waals surface area (Å²) >= 11 is 0. The molecular formula is C17H18O3. The SMILES string of the molecule is CC1(C)CCC(=O)[C@@]23O[C@@H](C[C@@H]12)c1ccccc1C3=O. The van der Waals surface area contributed by atoms with Gasteiger partial charge >= 0.3 is 0 Å². The molecule has 2 bridgehead atoms. The van der Waals surface area contributed by atoms with Crippen molar-refractivity contribution in [3.8, 4) is 0 Å². The van der Waals surface area contributed by atoms with Crippen LogP contribution >= 0.6 is 0 Å². The van der Waals surface area contributed by atoms with Crippen LogP contribution in [0, 0.1) is 11.3 Å². The van der Waals surface area contributed by atoms with Crippen molar-refractivity contribution >= 4 is 11.6 Å². The van der Waals surface area contributed by atoms with Crippen LogP contribution < -0.4 is 0 Å². The first-order valence-electron chi connectivity index (χ1n) is 7.32. The number of rotatable bonds is 0. The Balaban J connectivity index is 1.95. The molecular weight excluding hydrogens is 252 g/mol. The van der Waals surface area contributed by atoms with Crippen molar-refractivity contribution in [1.29, 1.82) is 0 Å². The Morgan fingerprint density at radius 2 is 1.95 bits per heavy atom. The Labute approximate surface area is 118 Å². The van der Waals surface area contributed by atoms with E-state index in [4.69, 9.17) is 4.74 Å². The molecule has 1 aliphatic carbocycles. The predicted molar refractivity (Wildman–Crippen MR) is 73.5 cm³/mol. The van der Waals surface area contributed by atoms with Gasteiger partial charge in [-0.25, -0.2) is 0 Å². The molecule has 1 saturated carbocycles. The van der Waals surface area contributed by atoms with Crippen molar-refractivity contribution in [2.45, 2.75) is 44.8 Å². The van der Waals surface area contributed by atoms with Crippen LogP contribution in [-0.2, 0) is 9.53 Å². The number of carbonyl (C=O) groups excluding carboxylic acids is 2. The molecule has 4 rings (SSSR count).